The van der Waals surface area contributed by atoms with Crippen molar-refractivity contribution in [2.24, 2.45) is 0 Å². The van der Waals surface area contributed by atoms with Crippen LogP contribution in [0.1, 0.15) is 0 Å². The van der Waals surface area contributed by atoms with Gasteiger partial charge in [-0.1, -0.05) is 133 Å². The van der Waals surface area contributed by atoms with Crippen LogP contribution in [0.5, 0.6) is 0 Å². The highest BCUT2D eigenvalue weighted by Gasteiger charge is 2.18. The Bertz CT molecular complexity index is 3230. The van der Waals surface area contributed by atoms with Crippen LogP contribution >= 0.6 is 0 Å². The predicted octanol–water partition coefficient (Wildman–Crippen LogP) is 12.7. The molecule has 11 rings (SSSR count). The lowest BCUT2D eigenvalue weighted by Crippen LogP contribution is -2.00. The molecule has 0 fully saturated rings. The monoisotopic (exact) mass is 690 g/mol. The maximum absolute atomic E-state index is 6.42. The van der Waals surface area contributed by atoms with Crippen molar-refractivity contribution < 1.29 is 4.42 Å². The Hall–Kier alpha value is -7.37. The van der Waals surface area contributed by atoms with Gasteiger partial charge in [-0.15, -0.1) is 0 Å². The minimum atomic E-state index is 0.565. The number of fused-ring (bicyclic) bond motifs is 7. The van der Waals surface area contributed by atoms with Crippen molar-refractivity contribution in [3.8, 4) is 51.0 Å². The zero-order chi connectivity index (χ0) is 35.6. The fourth-order valence-electron chi connectivity index (χ4n) is 7.86. The van der Waals surface area contributed by atoms with Crippen LogP contribution < -0.4 is 0 Å². The van der Waals surface area contributed by atoms with Crippen LogP contribution in [0.3, 0.4) is 0 Å². The molecule has 0 aliphatic heterocycles. The number of rotatable bonds is 5. The molecule has 0 radical (unpaired) electrons. The Morgan fingerprint density at radius 3 is 1.85 bits per heavy atom. The summed E-state index contributed by atoms with van der Waals surface area (Å²) in [5.74, 6) is 1.77. The van der Waals surface area contributed by atoms with E-state index in [0.29, 0.717) is 17.5 Å². The van der Waals surface area contributed by atoms with Gasteiger partial charge in [0.1, 0.15) is 11.2 Å². The number of hydrogen-bond donors (Lipinski definition) is 0. The van der Waals surface area contributed by atoms with Crippen LogP contribution in [-0.4, -0.2) is 19.5 Å². The van der Waals surface area contributed by atoms with Crippen molar-refractivity contribution in [3.63, 3.8) is 0 Å². The molecule has 0 spiro atoms. The van der Waals surface area contributed by atoms with Crippen LogP contribution in [-0.2, 0) is 0 Å². The molecule has 8 aromatic carbocycles. The van der Waals surface area contributed by atoms with E-state index in [1.54, 1.807) is 0 Å². The normalized spacial score (nSPS) is 11.7. The van der Waals surface area contributed by atoms with Gasteiger partial charge < -0.3 is 8.98 Å². The zero-order valence-corrected chi connectivity index (χ0v) is 29.0. The van der Waals surface area contributed by atoms with Crippen LogP contribution in [0.25, 0.3) is 105 Å². The summed E-state index contributed by atoms with van der Waals surface area (Å²) >= 11 is 0. The Kier molecular flexibility index (Phi) is 6.79. The average Bonchev–Trinajstić information content (AvgIpc) is 3.78. The van der Waals surface area contributed by atoms with Gasteiger partial charge in [0, 0.05) is 38.4 Å². The van der Waals surface area contributed by atoms with Crippen molar-refractivity contribution >= 4 is 54.5 Å². The molecule has 0 atom stereocenters. The Morgan fingerprint density at radius 1 is 0.370 bits per heavy atom. The second-order valence-electron chi connectivity index (χ2n) is 13.7. The molecule has 0 unspecified atom stereocenters. The van der Waals surface area contributed by atoms with Gasteiger partial charge in [0.2, 0.25) is 0 Å². The van der Waals surface area contributed by atoms with Gasteiger partial charge in [0.25, 0.3) is 0 Å². The predicted molar refractivity (Wildman–Crippen MR) is 221 cm³/mol. The van der Waals surface area contributed by atoms with Gasteiger partial charge in [-0.05, 0) is 70.4 Å². The third kappa shape index (κ3) is 4.90. The first-order valence-corrected chi connectivity index (χ1v) is 18.1. The first kappa shape index (κ1) is 30.3. The lowest BCUT2D eigenvalue weighted by molar-refractivity contribution is 0.669. The molecule has 0 amide bonds. The van der Waals surface area contributed by atoms with E-state index in [-0.39, 0.29) is 0 Å². The molecule has 0 saturated heterocycles. The summed E-state index contributed by atoms with van der Waals surface area (Å²) in [6.45, 7) is 0. The highest BCUT2D eigenvalue weighted by Crippen LogP contribution is 2.38. The fraction of sp³-hybridized carbons (Fsp3) is 0. The average molecular weight is 691 g/mol. The zero-order valence-electron chi connectivity index (χ0n) is 29.0. The van der Waals surface area contributed by atoms with E-state index in [1.165, 1.54) is 32.6 Å². The molecule has 0 saturated carbocycles. The molecule has 0 bridgehead atoms. The topological polar surface area (TPSA) is 56.7 Å². The maximum atomic E-state index is 6.42. The standard InChI is InChI=1S/C49H30N4O/c1-2-13-31(14-3-1)47-50-48(52-49(51-47)41-24-12-23-40-39-22-7-9-26-45(39)54-46(40)41)36-19-10-17-32(27-36)33-18-11-20-37(28-33)53-43-25-8-6-21-38(43)42-29-34-15-4-5-16-35(34)30-44(42)53/h1-30H. The molecule has 0 aliphatic rings. The first-order valence-electron chi connectivity index (χ1n) is 18.1. The van der Waals surface area contributed by atoms with Crippen molar-refractivity contribution in [3.05, 3.63) is 182 Å². The van der Waals surface area contributed by atoms with Crippen LogP contribution in [0.2, 0.25) is 0 Å². The minimum Gasteiger partial charge on any atom is -0.455 e. The molecule has 252 valence electrons. The molecule has 5 heteroatoms. The van der Waals surface area contributed by atoms with E-state index in [4.69, 9.17) is 19.4 Å². The summed E-state index contributed by atoms with van der Waals surface area (Å²) in [4.78, 5) is 15.2. The van der Waals surface area contributed by atoms with Crippen LogP contribution in [0, 0.1) is 0 Å². The maximum Gasteiger partial charge on any atom is 0.167 e. The summed E-state index contributed by atoms with van der Waals surface area (Å²) < 4.78 is 8.80. The van der Waals surface area contributed by atoms with E-state index in [1.807, 2.05) is 60.7 Å². The fourth-order valence-corrected chi connectivity index (χ4v) is 7.86. The van der Waals surface area contributed by atoms with E-state index >= 15 is 0 Å². The van der Waals surface area contributed by atoms with Gasteiger partial charge in [0.15, 0.2) is 17.5 Å². The lowest BCUT2D eigenvalue weighted by atomic mass is 10.0. The van der Waals surface area contributed by atoms with Gasteiger partial charge >= 0.3 is 0 Å². The number of benzene rings is 8. The molecule has 0 aliphatic carbocycles. The van der Waals surface area contributed by atoms with Gasteiger partial charge in [-0.25, -0.2) is 15.0 Å². The van der Waals surface area contributed by atoms with Crippen molar-refractivity contribution in [2.75, 3.05) is 0 Å². The number of aromatic nitrogens is 4. The highest BCUT2D eigenvalue weighted by atomic mass is 16.3. The summed E-state index contributed by atoms with van der Waals surface area (Å²) in [7, 11) is 0. The van der Waals surface area contributed by atoms with E-state index in [2.05, 4.69) is 126 Å². The molecule has 11 aromatic rings. The largest absolute Gasteiger partial charge is 0.455 e. The lowest BCUT2D eigenvalue weighted by Gasteiger charge is -2.12. The Labute approximate surface area is 310 Å². The summed E-state index contributed by atoms with van der Waals surface area (Å²) in [6.07, 6.45) is 0. The van der Waals surface area contributed by atoms with E-state index in [0.717, 1.165) is 55.4 Å². The molecule has 3 aromatic heterocycles. The third-order valence-electron chi connectivity index (χ3n) is 10.4. The van der Waals surface area contributed by atoms with Crippen LogP contribution in [0.15, 0.2) is 186 Å². The molecule has 54 heavy (non-hydrogen) atoms. The number of para-hydroxylation sites is 3. The highest BCUT2D eigenvalue weighted by molar-refractivity contribution is 6.13. The van der Waals surface area contributed by atoms with Gasteiger partial charge in [-0.3, -0.25) is 0 Å². The second kappa shape index (κ2) is 12.1. The van der Waals surface area contributed by atoms with E-state index < -0.39 is 0 Å². The Morgan fingerprint density at radius 2 is 0.981 bits per heavy atom. The summed E-state index contributed by atoms with van der Waals surface area (Å²) in [6, 6.07) is 63.5. The molecule has 3 heterocycles. The second-order valence-corrected chi connectivity index (χ2v) is 13.7. The summed E-state index contributed by atoms with van der Waals surface area (Å²) in [5.41, 5.74) is 9.89. The number of furan rings is 1. The molecule has 5 nitrogen and oxygen atoms in total. The van der Waals surface area contributed by atoms with Gasteiger partial charge in [0.05, 0.1) is 16.6 Å². The van der Waals surface area contributed by atoms with Crippen molar-refractivity contribution in [1.29, 1.82) is 0 Å². The van der Waals surface area contributed by atoms with Crippen molar-refractivity contribution in [2.45, 2.75) is 0 Å². The van der Waals surface area contributed by atoms with Crippen molar-refractivity contribution in [1.82, 2.24) is 19.5 Å². The minimum absolute atomic E-state index is 0.565. The molecule has 0 N–H and O–H groups in total. The third-order valence-corrected chi connectivity index (χ3v) is 10.4. The molecular weight excluding hydrogens is 661 g/mol. The smallest absolute Gasteiger partial charge is 0.167 e. The SMILES string of the molecule is c1ccc(-c2nc(-c3cccc(-c4cccc(-n5c6ccccc6c6cc7ccccc7cc65)c4)c3)nc(-c3cccc4c3oc3ccccc34)n2)cc1. The van der Waals surface area contributed by atoms with Crippen LogP contribution in [0.4, 0.5) is 0 Å². The first-order chi connectivity index (χ1) is 26.7. The van der Waals surface area contributed by atoms with Gasteiger partial charge in [-0.2, -0.15) is 0 Å². The number of nitrogens with zero attached hydrogens (tertiary/aromatic N) is 4. The van der Waals surface area contributed by atoms with E-state index in [9.17, 15) is 0 Å². The quantitative estimate of drug-likeness (QED) is 0.180. The number of hydrogen-bond acceptors (Lipinski definition) is 4. The Balaban J connectivity index is 1.06. The summed E-state index contributed by atoms with van der Waals surface area (Å²) in [5, 5.41) is 7.05. The molecular formula is C49H30N4O.